The standard InChI is InChI=1S/C20H27FN2O3/c1-14-4-5-16(21)13-17(14)19(20(25)26)23-11-7-15(8-12-23)6-10-22-9-2-3-18(22)24/h4-5,13,15,19H,2-3,6-12H2,1H3,(H,25,26)/t19-/m1/s1. The largest absolute Gasteiger partial charge is 0.480 e. The van der Waals surface area contributed by atoms with E-state index in [0.29, 0.717) is 31.0 Å². The first kappa shape index (κ1) is 18.8. The van der Waals surface area contributed by atoms with Crippen molar-refractivity contribution >= 4 is 11.9 Å². The molecule has 1 N–H and O–H groups in total. The van der Waals surface area contributed by atoms with E-state index in [9.17, 15) is 19.1 Å². The van der Waals surface area contributed by atoms with Crippen LogP contribution >= 0.6 is 0 Å². The first-order valence-electron chi connectivity index (χ1n) is 9.46. The van der Waals surface area contributed by atoms with Gasteiger partial charge in [0.2, 0.25) is 5.91 Å². The lowest BCUT2D eigenvalue weighted by Crippen LogP contribution is -2.41. The number of hydrogen-bond acceptors (Lipinski definition) is 3. The molecular weight excluding hydrogens is 335 g/mol. The van der Waals surface area contributed by atoms with Crippen molar-refractivity contribution in [2.75, 3.05) is 26.2 Å². The highest BCUT2D eigenvalue weighted by Crippen LogP contribution is 2.31. The summed E-state index contributed by atoms with van der Waals surface area (Å²) in [6.07, 6.45) is 4.45. The number of carbonyl (C=O) groups is 2. The van der Waals surface area contributed by atoms with Crippen LogP contribution in [0.3, 0.4) is 0 Å². The second-order valence-electron chi connectivity index (χ2n) is 7.49. The van der Waals surface area contributed by atoms with E-state index >= 15 is 0 Å². The van der Waals surface area contributed by atoms with E-state index in [1.54, 1.807) is 6.07 Å². The third kappa shape index (κ3) is 4.23. The highest BCUT2D eigenvalue weighted by atomic mass is 19.1. The summed E-state index contributed by atoms with van der Waals surface area (Å²) in [6.45, 7) is 4.88. The predicted molar refractivity (Wildman–Crippen MR) is 96.2 cm³/mol. The zero-order valence-corrected chi connectivity index (χ0v) is 15.3. The number of nitrogens with zero attached hydrogens (tertiary/aromatic N) is 2. The van der Waals surface area contributed by atoms with Gasteiger partial charge in [-0.25, -0.2) is 4.39 Å². The fourth-order valence-electron chi connectivity index (χ4n) is 4.17. The van der Waals surface area contributed by atoms with Gasteiger partial charge in [0, 0.05) is 19.5 Å². The van der Waals surface area contributed by atoms with Gasteiger partial charge in [0.15, 0.2) is 0 Å². The molecule has 1 amide bonds. The molecule has 1 aromatic rings. The van der Waals surface area contributed by atoms with Crippen LogP contribution in [0.2, 0.25) is 0 Å². The Morgan fingerprint density at radius 3 is 2.65 bits per heavy atom. The molecule has 3 rings (SSSR count). The van der Waals surface area contributed by atoms with Gasteiger partial charge in [-0.1, -0.05) is 6.07 Å². The van der Waals surface area contributed by atoms with Crippen molar-refractivity contribution in [2.24, 2.45) is 5.92 Å². The number of hydrogen-bond donors (Lipinski definition) is 1. The smallest absolute Gasteiger partial charge is 0.325 e. The SMILES string of the molecule is Cc1ccc(F)cc1[C@H](C(=O)O)N1CCC(CCN2CCCC2=O)CC1. The molecule has 0 saturated carbocycles. The summed E-state index contributed by atoms with van der Waals surface area (Å²) in [7, 11) is 0. The van der Waals surface area contributed by atoms with E-state index in [-0.39, 0.29) is 5.91 Å². The van der Waals surface area contributed by atoms with Gasteiger partial charge < -0.3 is 10.0 Å². The van der Waals surface area contributed by atoms with Gasteiger partial charge >= 0.3 is 5.97 Å². The van der Waals surface area contributed by atoms with Gasteiger partial charge in [-0.2, -0.15) is 0 Å². The van der Waals surface area contributed by atoms with E-state index in [0.717, 1.165) is 44.3 Å². The van der Waals surface area contributed by atoms with Gasteiger partial charge in [-0.3, -0.25) is 14.5 Å². The number of carboxylic acids is 1. The Kier molecular flexibility index (Phi) is 5.91. The molecule has 26 heavy (non-hydrogen) atoms. The number of aryl methyl sites for hydroxylation is 1. The van der Waals surface area contributed by atoms with Crippen LogP contribution in [0, 0.1) is 18.7 Å². The Balaban J connectivity index is 1.59. The number of likely N-dealkylation sites (tertiary alicyclic amines) is 2. The molecule has 2 heterocycles. The summed E-state index contributed by atoms with van der Waals surface area (Å²) >= 11 is 0. The maximum absolute atomic E-state index is 13.6. The Morgan fingerprint density at radius 2 is 2.04 bits per heavy atom. The van der Waals surface area contributed by atoms with Crippen molar-refractivity contribution in [2.45, 2.75) is 45.1 Å². The van der Waals surface area contributed by atoms with E-state index in [4.69, 9.17) is 0 Å². The number of amides is 1. The molecule has 0 unspecified atom stereocenters. The molecular formula is C20H27FN2O3. The topological polar surface area (TPSA) is 60.9 Å². The molecule has 5 nitrogen and oxygen atoms in total. The molecule has 0 aromatic heterocycles. The van der Waals surface area contributed by atoms with Gasteiger partial charge in [0.1, 0.15) is 11.9 Å². The molecule has 2 fully saturated rings. The Labute approximate surface area is 153 Å². The summed E-state index contributed by atoms with van der Waals surface area (Å²) in [6, 6.07) is 3.55. The van der Waals surface area contributed by atoms with Gasteiger partial charge in [-0.05, 0) is 74.9 Å². The molecule has 2 saturated heterocycles. The van der Waals surface area contributed by atoms with Gasteiger partial charge in [-0.15, -0.1) is 0 Å². The lowest BCUT2D eigenvalue weighted by Gasteiger charge is -2.36. The highest BCUT2D eigenvalue weighted by molar-refractivity contribution is 5.78. The number of benzene rings is 1. The zero-order valence-electron chi connectivity index (χ0n) is 15.3. The zero-order chi connectivity index (χ0) is 18.7. The Hall–Kier alpha value is -1.95. The monoisotopic (exact) mass is 362 g/mol. The minimum absolute atomic E-state index is 0.259. The van der Waals surface area contributed by atoms with Gasteiger partial charge in [0.05, 0.1) is 0 Å². The third-order valence-corrected chi connectivity index (χ3v) is 5.76. The van der Waals surface area contributed by atoms with Crippen LogP contribution in [0.15, 0.2) is 18.2 Å². The average Bonchev–Trinajstić information content (AvgIpc) is 3.02. The third-order valence-electron chi connectivity index (χ3n) is 5.76. The summed E-state index contributed by atoms with van der Waals surface area (Å²) in [5.74, 6) is -0.556. The molecule has 6 heteroatoms. The molecule has 2 aliphatic rings. The number of piperidine rings is 1. The Morgan fingerprint density at radius 1 is 1.31 bits per heavy atom. The first-order valence-corrected chi connectivity index (χ1v) is 9.46. The molecule has 0 aliphatic carbocycles. The van der Waals surface area contributed by atoms with Crippen LogP contribution in [0.1, 0.15) is 49.3 Å². The molecule has 0 bridgehead atoms. The number of carboxylic acid groups (broad SMARTS) is 1. The normalized spacial score (nSPS) is 20.5. The van der Waals surface area contributed by atoms with Crippen molar-refractivity contribution in [1.29, 1.82) is 0 Å². The second-order valence-corrected chi connectivity index (χ2v) is 7.49. The molecule has 2 aliphatic heterocycles. The van der Waals surface area contributed by atoms with Crippen LogP contribution in [0.5, 0.6) is 0 Å². The van der Waals surface area contributed by atoms with E-state index in [2.05, 4.69) is 0 Å². The fraction of sp³-hybridized carbons (Fsp3) is 0.600. The van der Waals surface area contributed by atoms with E-state index in [1.807, 2.05) is 16.7 Å². The minimum atomic E-state index is -0.931. The predicted octanol–water partition coefficient (Wildman–Crippen LogP) is 2.98. The lowest BCUT2D eigenvalue weighted by molar-refractivity contribution is -0.144. The van der Waals surface area contributed by atoms with Crippen molar-refractivity contribution in [3.63, 3.8) is 0 Å². The summed E-state index contributed by atoms with van der Waals surface area (Å²) in [5, 5.41) is 9.73. The lowest BCUT2D eigenvalue weighted by atomic mass is 9.90. The number of rotatable bonds is 6. The second kappa shape index (κ2) is 8.16. The number of aliphatic carboxylic acids is 1. The van der Waals surface area contributed by atoms with Gasteiger partial charge in [0.25, 0.3) is 0 Å². The molecule has 142 valence electrons. The molecule has 1 aromatic carbocycles. The van der Waals surface area contributed by atoms with Crippen molar-refractivity contribution < 1.29 is 19.1 Å². The van der Waals surface area contributed by atoms with Crippen LogP contribution < -0.4 is 0 Å². The van der Waals surface area contributed by atoms with Crippen LogP contribution in [0.25, 0.3) is 0 Å². The quantitative estimate of drug-likeness (QED) is 0.845. The van der Waals surface area contributed by atoms with E-state index in [1.165, 1.54) is 12.1 Å². The molecule has 0 radical (unpaired) electrons. The van der Waals surface area contributed by atoms with Crippen molar-refractivity contribution in [3.8, 4) is 0 Å². The van der Waals surface area contributed by atoms with Crippen LogP contribution in [-0.4, -0.2) is 53.0 Å². The first-order chi connectivity index (χ1) is 12.5. The highest BCUT2D eigenvalue weighted by Gasteiger charge is 2.32. The van der Waals surface area contributed by atoms with Crippen LogP contribution in [0.4, 0.5) is 4.39 Å². The average molecular weight is 362 g/mol. The fourth-order valence-corrected chi connectivity index (χ4v) is 4.17. The summed E-state index contributed by atoms with van der Waals surface area (Å²) < 4.78 is 13.6. The number of carbonyl (C=O) groups excluding carboxylic acids is 1. The Bertz CT molecular complexity index is 671. The maximum Gasteiger partial charge on any atom is 0.325 e. The van der Waals surface area contributed by atoms with E-state index < -0.39 is 17.8 Å². The molecule has 1 atom stereocenters. The minimum Gasteiger partial charge on any atom is -0.480 e. The maximum atomic E-state index is 13.6. The van der Waals surface area contributed by atoms with Crippen LogP contribution in [-0.2, 0) is 9.59 Å². The summed E-state index contributed by atoms with van der Waals surface area (Å²) in [5.41, 5.74) is 1.34. The number of halogens is 1. The molecule has 0 spiro atoms. The van der Waals surface area contributed by atoms with Crippen molar-refractivity contribution in [3.05, 3.63) is 35.1 Å². The summed E-state index contributed by atoms with van der Waals surface area (Å²) in [4.78, 5) is 27.5. The van der Waals surface area contributed by atoms with Crippen molar-refractivity contribution in [1.82, 2.24) is 9.80 Å².